The number of nitrogens with zero attached hydrogens (tertiary/aromatic N) is 1. The molecule has 2 rings (SSSR count). The minimum Gasteiger partial charge on any atom is -0.399 e. The van der Waals surface area contributed by atoms with Crippen LogP contribution in [0.15, 0.2) is 36.4 Å². The van der Waals surface area contributed by atoms with E-state index in [1.165, 1.54) is 0 Å². The highest BCUT2D eigenvalue weighted by Crippen LogP contribution is 2.19. The minimum atomic E-state index is -0.148. The minimum absolute atomic E-state index is 0.148. The van der Waals surface area contributed by atoms with Crippen LogP contribution in [0.5, 0.6) is 0 Å². The first-order valence-electron chi connectivity index (χ1n) is 6.65. The van der Waals surface area contributed by atoms with Gasteiger partial charge in [-0.2, -0.15) is 5.26 Å². The van der Waals surface area contributed by atoms with Crippen LogP contribution in [-0.2, 0) is 11.2 Å². The molecule has 0 aliphatic rings. The molecule has 2 aromatic carbocycles. The zero-order valence-electron chi connectivity index (χ0n) is 12.1. The Hall–Kier alpha value is -2.80. The number of anilines is 2. The Balaban J connectivity index is 2.16. The lowest BCUT2D eigenvalue weighted by molar-refractivity contribution is -0.115. The molecule has 4 nitrogen and oxygen atoms in total. The Morgan fingerprint density at radius 1 is 1.24 bits per heavy atom. The lowest BCUT2D eigenvalue weighted by Crippen LogP contribution is -2.16. The third kappa shape index (κ3) is 3.61. The highest BCUT2D eigenvalue weighted by Gasteiger charge is 2.09. The smallest absolute Gasteiger partial charge is 0.228 e. The van der Waals surface area contributed by atoms with Crippen LogP contribution in [-0.4, -0.2) is 5.91 Å². The third-order valence-corrected chi connectivity index (χ3v) is 3.29. The van der Waals surface area contributed by atoms with E-state index in [0.717, 1.165) is 16.7 Å². The molecule has 1 amide bonds. The molecule has 0 aliphatic carbocycles. The SMILES string of the molecule is Cc1ccc(C)c(CC(=O)Nc2ccc(N)cc2C#N)c1. The number of nitrogen functional groups attached to an aromatic ring is 1. The van der Waals surface area contributed by atoms with Gasteiger partial charge in [0.2, 0.25) is 5.91 Å². The lowest BCUT2D eigenvalue weighted by atomic mass is 10.0. The number of hydrogen-bond acceptors (Lipinski definition) is 3. The quantitative estimate of drug-likeness (QED) is 0.848. The molecule has 0 bridgehead atoms. The summed E-state index contributed by atoms with van der Waals surface area (Å²) in [5.74, 6) is -0.148. The van der Waals surface area contributed by atoms with E-state index in [0.29, 0.717) is 16.9 Å². The average Bonchev–Trinajstić information content (AvgIpc) is 2.44. The molecular formula is C17H17N3O. The van der Waals surface area contributed by atoms with Gasteiger partial charge in [-0.3, -0.25) is 4.79 Å². The van der Waals surface area contributed by atoms with E-state index in [-0.39, 0.29) is 12.3 Å². The van der Waals surface area contributed by atoms with Gasteiger partial charge in [-0.15, -0.1) is 0 Å². The highest BCUT2D eigenvalue weighted by molar-refractivity contribution is 5.94. The van der Waals surface area contributed by atoms with E-state index < -0.39 is 0 Å². The van der Waals surface area contributed by atoms with Crippen LogP contribution in [0.2, 0.25) is 0 Å². The maximum atomic E-state index is 12.1. The average molecular weight is 279 g/mol. The summed E-state index contributed by atoms with van der Waals surface area (Å²) >= 11 is 0. The molecule has 0 fully saturated rings. The fourth-order valence-electron chi connectivity index (χ4n) is 2.12. The molecule has 4 heteroatoms. The van der Waals surface area contributed by atoms with Crippen LogP contribution in [0.3, 0.4) is 0 Å². The molecule has 0 radical (unpaired) electrons. The molecule has 21 heavy (non-hydrogen) atoms. The second kappa shape index (κ2) is 6.10. The molecule has 0 heterocycles. The first kappa shape index (κ1) is 14.6. The summed E-state index contributed by atoms with van der Waals surface area (Å²) < 4.78 is 0. The van der Waals surface area contributed by atoms with Crippen molar-refractivity contribution in [1.82, 2.24) is 0 Å². The largest absolute Gasteiger partial charge is 0.399 e. The predicted molar refractivity (Wildman–Crippen MR) is 83.8 cm³/mol. The highest BCUT2D eigenvalue weighted by atomic mass is 16.1. The van der Waals surface area contributed by atoms with Crippen LogP contribution in [0, 0.1) is 25.2 Å². The van der Waals surface area contributed by atoms with Gasteiger partial charge < -0.3 is 11.1 Å². The summed E-state index contributed by atoms with van der Waals surface area (Å²) in [5.41, 5.74) is 10.2. The molecule has 0 unspecified atom stereocenters. The predicted octanol–water partition coefficient (Wildman–Crippen LogP) is 2.94. The van der Waals surface area contributed by atoms with Crippen molar-refractivity contribution in [3.05, 3.63) is 58.7 Å². The number of nitrogens with two attached hydrogens (primary N) is 1. The second-order valence-corrected chi connectivity index (χ2v) is 5.07. The van der Waals surface area contributed by atoms with E-state index in [1.807, 2.05) is 38.1 Å². The van der Waals surface area contributed by atoms with E-state index in [2.05, 4.69) is 5.32 Å². The lowest BCUT2D eigenvalue weighted by Gasteiger charge is -2.10. The Kier molecular flexibility index (Phi) is 4.24. The fourth-order valence-corrected chi connectivity index (χ4v) is 2.12. The molecule has 0 saturated carbocycles. The zero-order valence-corrected chi connectivity index (χ0v) is 12.1. The van der Waals surface area contributed by atoms with Gasteiger partial charge in [0.25, 0.3) is 0 Å². The molecule has 0 aliphatic heterocycles. The maximum Gasteiger partial charge on any atom is 0.228 e. The van der Waals surface area contributed by atoms with Crippen molar-refractivity contribution in [3.63, 3.8) is 0 Å². The summed E-state index contributed by atoms with van der Waals surface area (Å²) in [6, 6.07) is 12.9. The fraction of sp³-hybridized carbons (Fsp3) is 0.176. The van der Waals surface area contributed by atoms with Crippen LogP contribution < -0.4 is 11.1 Å². The van der Waals surface area contributed by atoms with Gasteiger partial charge in [-0.1, -0.05) is 23.8 Å². The Morgan fingerprint density at radius 3 is 2.71 bits per heavy atom. The van der Waals surface area contributed by atoms with Crippen LogP contribution in [0.25, 0.3) is 0 Å². The molecule has 3 N–H and O–H groups in total. The van der Waals surface area contributed by atoms with E-state index in [9.17, 15) is 4.79 Å². The summed E-state index contributed by atoms with van der Waals surface area (Å²) in [6.45, 7) is 3.97. The summed E-state index contributed by atoms with van der Waals surface area (Å²) in [6.07, 6.45) is 0.281. The molecular weight excluding hydrogens is 262 g/mol. The van der Waals surface area contributed by atoms with Crippen molar-refractivity contribution in [1.29, 1.82) is 5.26 Å². The normalized spacial score (nSPS) is 9.95. The van der Waals surface area contributed by atoms with Crippen molar-refractivity contribution in [3.8, 4) is 6.07 Å². The van der Waals surface area contributed by atoms with Gasteiger partial charge in [0.1, 0.15) is 6.07 Å². The van der Waals surface area contributed by atoms with Gasteiger partial charge in [0, 0.05) is 5.69 Å². The van der Waals surface area contributed by atoms with Crippen molar-refractivity contribution in [2.75, 3.05) is 11.1 Å². The van der Waals surface area contributed by atoms with Crippen molar-refractivity contribution in [2.24, 2.45) is 0 Å². The van der Waals surface area contributed by atoms with Crippen molar-refractivity contribution in [2.45, 2.75) is 20.3 Å². The molecule has 0 spiro atoms. The third-order valence-electron chi connectivity index (χ3n) is 3.29. The van der Waals surface area contributed by atoms with E-state index in [1.54, 1.807) is 18.2 Å². The maximum absolute atomic E-state index is 12.1. The summed E-state index contributed by atoms with van der Waals surface area (Å²) in [4.78, 5) is 12.1. The molecule has 106 valence electrons. The van der Waals surface area contributed by atoms with Crippen LogP contribution >= 0.6 is 0 Å². The number of rotatable bonds is 3. The standard InChI is InChI=1S/C17H17N3O/c1-11-3-4-12(2)13(7-11)9-17(21)20-16-6-5-15(19)8-14(16)10-18/h3-8H,9,19H2,1-2H3,(H,20,21). The number of amides is 1. The number of benzene rings is 2. The Labute approximate surface area is 124 Å². The van der Waals surface area contributed by atoms with Crippen molar-refractivity contribution < 1.29 is 4.79 Å². The molecule has 0 saturated heterocycles. The van der Waals surface area contributed by atoms with Crippen LogP contribution in [0.1, 0.15) is 22.3 Å². The van der Waals surface area contributed by atoms with Gasteiger partial charge in [0.15, 0.2) is 0 Å². The van der Waals surface area contributed by atoms with E-state index in [4.69, 9.17) is 11.0 Å². The first-order valence-corrected chi connectivity index (χ1v) is 6.65. The van der Waals surface area contributed by atoms with Crippen LogP contribution in [0.4, 0.5) is 11.4 Å². The van der Waals surface area contributed by atoms with E-state index >= 15 is 0 Å². The first-order chi connectivity index (χ1) is 9.99. The Bertz CT molecular complexity index is 729. The number of carbonyl (C=O) groups excluding carboxylic acids is 1. The van der Waals surface area contributed by atoms with Gasteiger partial charge in [-0.05, 0) is 43.2 Å². The monoisotopic (exact) mass is 279 g/mol. The summed E-state index contributed by atoms with van der Waals surface area (Å²) in [5, 5.41) is 11.8. The number of hydrogen-bond donors (Lipinski definition) is 2. The Morgan fingerprint density at radius 2 is 2.00 bits per heavy atom. The van der Waals surface area contributed by atoms with Gasteiger partial charge >= 0.3 is 0 Å². The summed E-state index contributed by atoms with van der Waals surface area (Å²) in [7, 11) is 0. The topological polar surface area (TPSA) is 78.9 Å². The van der Waals surface area contributed by atoms with Gasteiger partial charge in [-0.25, -0.2) is 0 Å². The molecule has 0 atom stereocenters. The number of aryl methyl sites for hydroxylation is 2. The van der Waals surface area contributed by atoms with Gasteiger partial charge in [0.05, 0.1) is 17.7 Å². The van der Waals surface area contributed by atoms with Crippen molar-refractivity contribution >= 4 is 17.3 Å². The second-order valence-electron chi connectivity index (χ2n) is 5.07. The zero-order chi connectivity index (χ0) is 15.4. The number of nitrogens with one attached hydrogen (secondary N) is 1. The molecule has 2 aromatic rings. The number of nitriles is 1. The molecule has 0 aromatic heterocycles. The number of carbonyl (C=O) groups is 1.